The Morgan fingerprint density at radius 1 is 1.57 bits per heavy atom. The van der Waals surface area contributed by atoms with Crippen molar-refractivity contribution in [2.24, 2.45) is 0 Å². The van der Waals surface area contributed by atoms with Crippen LogP contribution in [0.25, 0.3) is 0 Å². The van der Waals surface area contributed by atoms with Crippen LogP contribution < -0.4 is 0 Å². The zero-order chi connectivity index (χ0) is 10.0. The average Bonchev–Trinajstić information content (AvgIpc) is 2.87. The lowest BCUT2D eigenvalue weighted by Crippen LogP contribution is -2.29. The minimum Gasteiger partial charge on any atom is -0.421 e. The van der Waals surface area contributed by atoms with Gasteiger partial charge >= 0.3 is 0 Å². The van der Waals surface area contributed by atoms with E-state index in [1.165, 1.54) is 0 Å². The Morgan fingerprint density at radius 2 is 2.43 bits per heavy atom. The molecule has 1 aliphatic rings. The van der Waals surface area contributed by atoms with Gasteiger partial charge in [-0.15, -0.1) is 21.8 Å². The summed E-state index contributed by atoms with van der Waals surface area (Å²) in [4.78, 5) is 0. The third-order valence-electron chi connectivity index (χ3n) is 2.35. The van der Waals surface area contributed by atoms with Gasteiger partial charge < -0.3 is 13.9 Å². The number of halogens is 1. The molecule has 0 unspecified atom stereocenters. The second-order valence-corrected chi connectivity index (χ2v) is 3.40. The van der Waals surface area contributed by atoms with Crippen molar-refractivity contribution >= 4 is 11.6 Å². The molecule has 0 saturated carbocycles. The molecule has 1 saturated heterocycles. The van der Waals surface area contributed by atoms with E-state index in [2.05, 4.69) is 10.2 Å². The molecule has 1 aromatic heterocycles. The Balaban J connectivity index is 2.26. The predicted octanol–water partition coefficient (Wildman–Crippen LogP) is 1.07. The van der Waals surface area contributed by atoms with Crippen LogP contribution in [-0.2, 0) is 21.0 Å². The predicted molar refractivity (Wildman–Crippen MR) is 48.0 cm³/mol. The summed E-state index contributed by atoms with van der Waals surface area (Å²) in [5.74, 6) is 1.08. The SMILES string of the molecule is CO[C@]1(c2nnc(CCl)o2)CCOC1. The second kappa shape index (κ2) is 3.84. The summed E-state index contributed by atoms with van der Waals surface area (Å²) in [6, 6.07) is 0. The fraction of sp³-hybridized carbons (Fsp3) is 0.750. The Labute approximate surface area is 86.3 Å². The van der Waals surface area contributed by atoms with Gasteiger partial charge in [0.25, 0.3) is 5.89 Å². The molecule has 2 heterocycles. The van der Waals surface area contributed by atoms with E-state index in [0.29, 0.717) is 25.0 Å². The number of hydrogen-bond acceptors (Lipinski definition) is 5. The van der Waals surface area contributed by atoms with Crippen molar-refractivity contribution in [1.82, 2.24) is 10.2 Å². The van der Waals surface area contributed by atoms with Gasteiger partial charge in [-0.25, -0.2) is 0 Å². The molecule has 0 radical (unpaired) electrons. The Hall–Kier alpha value is -0.650. The van der Waals surface area contributed by atoms with E-state index in [-0.39, 0.29) is 5.88 Å². The lowest BCUT2D eigenvalue weighted by molar-refractivity contribution is -0.0415. The summed E-state index contributed by atoms with van der Waals surface area (Å²) in [6.07, 6.45) is 0.730. The van der Waals surface area contributed by atoms with Gasteiger partial charge in [0.2, 0.25) is 5.89 Å². The van der Waals surface area contributed by atoms with Gasteiger partial charge in [0.1, 0.15) is 5.88 Å². The van der Waals surface area contributed by atoms with Gasteiger partial charge in [0.05, 0.1) is 13.2 Å². The van der Waals surface area contributed by atoms with Crippen molar-refractivity contribution < 1.29 is 13.9 Å². The molecule has 14 heavy (non-hydrogen) atoms. The highest BCUT2D eigenvalue weighted by Gasteiger charge is 2.42. The lowest BCUT2D eigenvalue weighted by Gasteiger charge is -2.20. The first kappa shape index (κ1) is 9.89. The standard InChI is InChI=1S/C8H11ClN2O3/c1-12-8(2-3-13-5-8)7-11-10-6(4-9)14-7/h2-5H2,1H3/t8-/m1/s1. The molecule has 0 bridgehead atoms. The number of methoxy groups -OCH3 is 1. The van der Waals surface area contributed by atoms with Crippen molar-refractivity contribution in [3.05, 3.63) is 11.8 Å². The molecule has 1 atom stereocenters. The van der Waals surface area contributed by atoms with Crippen LogP contribution in [0.2, 0.25) is 0 Å². The molecule has 0 N–H and O–H groups in total. The van der Waals surface area contributed by atoms with Gasteiger partial charge in [-0.2, -0.15) is 0 Å². The van der Waals surface area contributed by atoms with E-state index in [0.717, 1.165) is 6.42 Å². The van der Waals surface area contributed by atoms with Crippen molar-refractivity contribution in [1.29, 1.82) is 0 Å². The summed E-state index contributed by atoms with van der Waals surface area (Å²) < 4.78 is 16.0. The Morgan fingerprint density at radius 3 is 2.93 bits per heavy atom. The molecule has 0 aromatic carbocycles. The molecule has 1 fully saturated rings. The van der Waals surface area contributed by atoms with Crippen LogP contribution in [-0.4, -0.2) is 30.5 Å². The first-order valence-corrected chi connectivity index (χ1v) is 4.86. The van der Waals surface area contributed by atoms with Gasteiger partial charge in [-0.05, 0) is 0 Å². The van der Waals surface area contributed by atoms with Gasteiger partial charge in [-0.3, -0.25) is 0 Å². The summed E-state index contributed by atoms with van der Waals surface area (Å²) in [5, 5.41) is 7.69. The highest BCUT2D eigenvalue weighted by atomic mass is 35.5. The third kappa shape index (κ3) is 1.51. The second-order valence-electron chi connectivity index (χ2n) is 3.14. The largest absolute Gasteiger partial charge is 0.421 e. The fourth-order valence-corrected chi connectivity index (χ4v) is 1.56. The van der Waals surface area contributed by atoms with E-state index in [4.69, 9.17) is 25.5 Å². The lowest BCUT2D eigenvalue weighted by atomic mass is 10.0. The molecule has 0 amide bonds. The van der Waals surface area contributed by atoms with E-state index >= 15 is 0 Å². The van der Waals surface area contributed by atoms with Crippen LogP contribution in [0, 0.1) is 0 Å². The van der Waals surface area contributed by atoms with Crippen molar-refractivity contribution in [3.8, 4) is 0 Å². The molecule has 5 nitrogen and oxygen atoms in total. The highest BCUT2D eigenvalue weighted by Crippen LogP contribution is 2.32. The van der Waals surface area contributed by atoms with Crippen LogP contribution >= 0.6 is 11.6 Å². The maximum absolute atomic E-state index is 5.57. The zero-order valence-electron chi connectivity index (χ0n) is 7.83. The minimum atomic E-state index is -0.572. The topological polar surface area (TPSA) is 57.4 Å². The number of alkyl halides is 1. The minimum absolute atomic E-state index is 0.216. The van der Waals surface area contributed by atoms with Crippen LogP contribution in [0.4, 0.5) is 0 Å². The van der Waals surface area contributed by atoms with Crippen molar-refractivity contribution in [3.63, 3.8) is 0 Å². The summed E-state index contributed by atoms with van der Waals surface area (Å²) >= 11 is 5.57. The molecular weight excluding hydrogens is 208 g/mol. The molecule has 78 valence electrons. The van der Waals surface area contributed by atoms with Gasteiger partial charge in [0, 0.05) is 13.5 Å². The van der Waals surface area contributed by atoms with Gasteiger partial charge in [-0.1, -0.05) is 0 Å². The number of rotatable bonds is 3. The number of nitrogens with zero attached hydrogens (tertiary/aromatic N) is 2. The average molecular weight is 219 g/mol. The quantitative estimate of drug-likeness (QED) is 0.711. The zero-order valence-corrected chi connectivity index (χ0v) is 8.58. The molecular formula is C8H11ClN2O3. The number of ether oxygens (including phenoxy) is 2. The first-order valence-electron chi connectivity index (χ1n) is 4.32. The van der Waals surface area contributed by atoms with E-state index in [9.17, 15) is 0 Å². The van der Waals surface area contributed by atoms with Crippen LogP contribution in [0.15, 0.2) is 4.42 Å². The van der Waals surface area contributed by atoms with Gasteiger partial charge in [0.15, 0.2) is 5.60 Å². The normalized spacial score (nSPS) is 27.0. The maximum atomic E-state index is 5.57. The third-order valence-corrected chi connectivity index (χ3v) is 2.58. The molecule has 0 spiro atoms. The Kier molecular flexibility index (Phi) is 2.71. The summed E-state index contributed by atoms with van der Waals surface area (Å²) in [7, 11) is 1.61. The smallest absolute Gasteiger partial charge is 0.250 e. The van der Waals surface area contributed by atoms with E-state index < -0.39 is 5.60 Å². The Bertz CT molecular complexity index is 309. The molecule has 2 rings (SSSR count). The molecule has 6 heteroatoms. The van der Waals surface area contributed by atoms with Crippen LogP contribution in [0.5, 0.6) is 0 Å². The fourth-order valence-electron chi connectivity index (χ4n) is 1.45. The van der Waals surface area contributed by atoms with Crippen molar-refractivity contribution in [2.45, 2.75) is 17.9 Å². The van der Waals surface area contributed by atoms with Crippen LogP contribution in [0.1, 0.15) is 18.2 Å². The number of hydrogen-bond donors (Lipinski definition) is 0. The first-order chi connectivity index (χ1) is 6.80. The van der Waals surface area contributed by atoms with Crippen LogP contribution in [0.3, 0.4) is 0 Å². The highest BCUT2D eigenvalue weighted by molar-refractivity contribution is 6.16. The van der Waals surface area contributed by atoms with Crippen molar-refractivity contribution in [2.75, 3.05) is 20.3 Å². The molecule has 1 aliphatic heterocycles. The number of aromatic nitrogens is 2. The summed E-state index contributed by atoms with van der Waals surface area (Å²) in [6.45, 7) is 1.10. The monoisotopic (exact) mass is 218 g/mol. The molecule has 0 aliphatic carbocycles. The maximum Gasteiger partial charge on any atom is 0.250 e. The summed E-state index contributed by atoms with van der Waals surface area (Å²) in [5.41, 5.74) is -0.572. The van der Waals surface area contributed by atoms with E-state index in [1.54, 1.807) is 7.11 Å². The van der Waals surface area contributed by atoms with E-state index in [1.807, 2.05) is 0 Å². The molecule has 1 aromatic rings.